The zero-order valence-electron chi connectivity index (χ0n) is 9.73. The molecular weight excluding hydrogens is 216 g/mol. The highest BCUT2D eigenvalue weighted by atomic mass is 16.5. The van der Waals surface area contributed by atoms with Crippen LogP contribution in [0.2, 0.25) is 0 Å². The highest BCUT2D eigenvalue weighted by Crippen LogP contribution is 2.23. The summed E-state index contributed by atoms with van der Waals surface area (Å²) in [4.78, 5) is 11.4. The van der Waals surface area contributed by atoms with Gasteiger partial charge in [-0.15, -0.1) is 0 Å². The van der Waals surface area contributed by atoms with E-state index < -0.39 is 0 Å². The fourth-order valence-corrected chi connectivity index (χ4v) is 1.73. The number of carbonyl (C=O) groups is 1. The first-order valence-electron chi connectivity index (χ1n) is 5.52. The Kier molecular flexibility index (Phi) is 3.28. The summed E-state index contributed by atoms with van der Waals surface area (Å²) in [5.74, 6) is -0.237. The summed E-state index contributed by atoms with van der Waals surface area (Å²) in [6.07, 6.45) is 3.61. The van der Waals surface area contributed by atoms with Crippen LogP contribution in [0.1, 0.15) is 18.1 Å². The van der Waals surface area contributed by atoms with E-state index in [-0.39, 0.29) is 12.4 Å². The summed E-state index contributed by atoms with van der Waals surface area (Å²) in [7, 11) is 0. The van der Waals surface area contributed by atoms with E-state index in [0.29, 0.717) is 6.61 Å². The minimum absolute atomic E-state index is 0.237. The van der Waals surface area contributed by atoms with Gasteiger partial charge < -0.3 is 9.15 Å². The minimum Gasteiger partial charge on any atom is -0.466 e. The van der Waals surface area contributed by atoms with Crippen LogP contribution in [0.25, 0.3) is 17.0 Å². The molecular formula is C14H14O3. The fraction of sp³-hybridized carbons (Fsp3) is 0.214. The number of rotatable bonds is 4. The molecule has 0 bridgehead atoms. The molecule has 0 radical (unpaired) electrons. The highest BCUT2D eigenvalue weighted by Gasteiger charge is 2.11. The SMILES string of the molecule is C=Cc1ccc2occ(CC(=O)OCC)c2c1. The van der Waals surface area contributed by atoms with Crippen molar-refractivity contribution in [2.45, 2.75) is 13.3 Å². The summed E-state index contributed by atoms with van der Waals surface area (Å²) in [6.45, 7) is 5.91. The molecule has 1 heterocycles. The van der Waals surface area contributed by atoms with E-state index >= 15 is 0 Å². The molecule has 0 saturated heterocycles. The number of hydrogen-bond donors (Lipinski definition) is 0. The van der Waals surface area contributed by atoms with Crippen molar-refractivity contribution in [3.8, 4) is 0 Å². The molecule has 0 amide bonds. The van der Waals surface area contributed by atoms with Crippen LogP contribution in [0.4, 0.5) is 0 Å². The minimum atomic E-state index is -0.237. The standard InChI is InChI=1S/C14H14O3/c1-3-10-5-6-13-12(7-10)11(9-17-13)8-14(15)16-4-2/h3,5-7,9H,1,4,8H2,2H3. The molecule has 1 aromatic heterocycles. The van der Waals surface area contributed by atoms with Crippen molar-refractivity contribution in [3.63, 3.8) is 0 Å². The van der Waals surface area contributed by atoms with Crippen molar-refractivity contribution in [2.24, 2.45) is 0 Å². The first kappa shape index (κ1) is 11.5. The molecule has 2 rings (SSSR count). The van der Waals surface area contributed by atoms with Crippen molar-refractivity contribution in [2.75, 3.05) is 6.61 Å². The van der Waals surface area contributed by atoms with Crippen LogP contribution < -0.4 is 0 Å². The second kappa shape index (κ2) is 4.87. The molecule has 0 saturated carbocycles. The largest absolute Gasteiger partial charge is 0.466 e. The van der Waals surface area contributed by atoms with Gasteiger partial charge in [0.15, 0.2) is 0 Å². The van der Waals surface area contributed by atoms with Gasteiger partial charge in [0.1, 0.15) is 5.58 Å². The molecule has 0 aliphatic heterocycles. The Morgan fingerprint density at radius 2 is 2.35 bits per heavy atom. The molecule has 0 N–H and O–H groups in total. The van der Waals surface area contributed by atoms with E-state index in [9.17, 15) is 4.79 Å². The summed E-state index contributed by atoms with van der Waals surface area (Å²) in [6, 6.07) is 5.76. The average molecular weight is 230 g/mol. The molecule has 0 spiro atoms. The maximum absolute atomic E-state index is 11.4. The van der Waals surface area contributed by atoms with Gasteiger partial charge in [0.25, 0.3) is 0 Å². The second-order valence-electron chi connectivity index (χ2n) is 3.70. The number of benzene rings is 1. The van der Waals surface area contributed by atoms with Gasteiger partial charge in [0, 0.05) is 10.9 Å². The molecule has 88 valence electrons. The van der Waals surface area contributed by atoms with Crippen molar-refractivity contribution in [3.05, 3.63) is 42.2 Å². The molecule has 0 aliphatic carbocycles. The lowest BCUT2D eigenvalue weighted by Crippen LogP contribution is -2.06. The highest BCUT2D eigenvalue weighted by molar-refractivity contribution is 5.87. The lowest BCUT2D eigenvalue weighted by molar-refractivity contribution is -0.142. The normalized spacial score (nSPS) is 10.4. The number of esters is 1. The Labute approximate surface area is 99.7 Å². The van der Waals surface area contributed by atoms with E-state index in [1.54, 1.807) is 19.3 Å². The summed E-state index contributed by atoms with van der Waals surface area (Å²) in [5.41, 5.74) is 2.63. The van der Waals surface area contributed by atoms with E-state index in [2.05, 4.69) is 6.58 Å². The third kappa shape index (κ3) is 2.38. The van der Waals surface area contributed by atoms with E-state index in [0.717, 1.165) is 22.1 Å². The van der Waals surface area contributed by atoms with Crippen molar-refractivity contribution >= 4 is 23.0 Å². The van der Waals surface area contributed by atoms with Gasteiger partial charge in [-0.1, -0.05) is 18.7 Å². The van der Waals surface area contributed by atoms with E-state index in [4.69, 9.17) is 9.15 Å². The maximum Gasteiger partial charge on any atom is 0.310 e. The molecule has 2 aromatic rings. The van der Waals surface area contributed by atoms with E-state index in [1.807, 2.05) is 18.2 Å². The van der Waals surface area contributed by atoms with Crippen LogP contribution in [0.15, 0.2) is 35.5 Å². The zero-order chi connectivity index (χ0) is 12.3. The third-order valence-electron chi connectivity index (χ3n) is 2.55. The molecule has 3 heteroatoms. The molecule has 0 unspecified atom stereocenters. The topological polar surface area (TPSA) is 39.4 Å². The maximum atomic E-state index is 11.4. The van der Waals surface area contributed by atoms with Gasteiger partial charge in [-0.2, -0.15) is 0 Å². The molecule has 3 nitrogen and oxygen atoms in total. The van der Waals surface area contributed by atoms with Crippen LogP contribution in [-0.2, 0) is 16.0 Å². The Balaban J connectivity index is 2.34. The predicted octanol–water partition coefficient (Wildman–Crippen LogP) is 3.18. The molecule has 1 aromatic carbocycles. The van der Waals surface area contributed by atoms with Gasteiger partial charge >= 0.3 is 5.97 Å². The van der Waals surface area contributed by atoms with E-state index in [1.165, 1.54) is 0 Å². The van der Waals surface area contributed by atoms with Gasteiger partial charge in [-0.25, -0.2) is 0 Å². The first-order valence-corrected chi connectivity index (χ1v) is 5.52. The molecule has 0 aliphatic rings. The van der Waals surface area contributed by atoms with Gasteiger partial charge in [0.2, 0.25) is 0 Å². The van der Waals surface area contributed by atoms with Crippen LogP contribution in [0.5, 0.6) is 0 Å². The fourth-order valence-electron chi connectivity index (χ4n) is 1.73. The first-order chi connectivity index (χ1) is 8.24. The van der Waals surface area contributed by atoms with Crippen LogP contribution in [0, 0.1) is 0 Å². The van der Waals surface area contributed by atoms with Gasteiger partial charge in [-0.3, -0.25) is 4.79 Å². The zero-order valence-corrected chi connectivity index (χ0v) is 9.73. The predicted molar refractivity (Wildman–Crippen MR) is 66.6 cm³/mol. The van der Waals surface area contributed by atoms with Crippen molar-refractivity contribution in [1.82, 2.24) is 0 Å². The van der Waals surface area contributed by atoms with Crippen LogP contribution in [-0.4, -0.2) is 12.6 Å². The number of fused-ring (bicyclic) bond motifs is 1. The summed E-state index contributed by atoms with van der Waals surface area (Å²) in [5, 5.41) is 0.940. The number of hydrogen-bond acceptors (Lipinski definition) is 3. The average Bonchev–Trinajstić information content (AvgIpc) is 2.72. The van der Waals surface area contributed by atoms with Gasteiger partial charge in [0.05, 0.1) is 19.3 Å². The smallest absolute Gasteiger partial charge is 0.310 e. The summed E-state index contributed by atoms with van der Waals surface area (Å²) >= 11 is 0. The van der Waals surface area contributed by atoms with Crippen molar-refractivity contribution in [1.29, 1.82) is 0 Å². The monoisotopic (exact) mass is 230 g/mol. The Bertz CT molecular complexity index is 552. The van der Waals surface area contributed by atoms with Gasteiger partial charge in [-0.05, 0) is 24.6 Å². The van der Waals surface area contributed by atoms with Crippen LogP contribution in [0.3, 0.4) is 0 Å². The van der Waals surface area contributed by atoms with Crippen molar-refractivity contribution < 1.29 is 13.9 Å². The number of carbonyl (C=O) groups excluding carboxylic acids is 1. The third-order valence-corrected chi connectivity index (χ3v) is 2.55. The Hall–Kier alpha value is -2.03. The molecule has 17 heavy (non-hydrogen) atoms. The number of furan rings is 1. The molecule has 0 atom stereocenters. The second-order valence-corrected chi connectivity index (χ2v) is 3.70. The summed E-state index contributed by atoms with van der Waals surface area (Å²) < 4.78 is 10.3. The lowest BCUT2D eigenvalue weighted by atomic mass is 10.1. The number of ether oxygens (including phenoxy) is 1. The van der Waals surface area contributed by atoms with Crippen LogP contribution >= 0.6 is 0 Å². The lowest BCUT2D eigenvalue weighted by Gasteiger charge is -2.00. The Morgan fingerprint density at radius 3 is 3.06 bits per heavy atom. The molecule has 0 fully saturated rings. The quantitative estimate of drug-likeness (QED) is 0.757. The Morgan fingerprint density at radius 1 is 1.53 bits per heavy atom.